The highest BCUT2D eigenvalue weighted by Gasteiger charge is 2.54. The van der Waals surface area contributed by atoms with Gasteiger partial charge in [0.15, 0.2) is 0 Å². The normalized spacial score (nSPS) is 14.2. The molecule has 242 valence electrons. The van der Waals surface area contributed by atoms with Gasteiger partial charge >= 0.3 is 0 Å². The Labute approximate surface area is 255 Å². The maximum atomic E-state index is 8.80. The second-order valence-electron chi connectivity index (χ2n) is 16.4. The summed E-state index contributed by atoms with van der Waals surface area (Å²) in [6.07, 6.45) is 32.3. The molecular weight excluding hydrogens is 484 g/mol. The van der Waals surface area contributed by atoms with E-state index in [-0.39, 0.29) is 10.8 Å². The molecule has 0 saturated carbocycles. The predicted octanol–water partition coefficient (Wildman–Crippen LogP) is 13.7. The zero-order chi connectivity index (χ0) is 30.5. The van der Waals surface area contributed by atoms with E-state index < -0.39 is 0 Å². The Kier molecular flexibility index (Phi) is 21.6. The summed E-state index contributed by atoms with van der Waals surface area (Å²) >= 11 is 0. The van der Waals surface area contributed by atoms with Crippen molar-refractivity contribution in [2.75, 3.05) is 6.61 Å². The second-order valence-corrected chi connectivity index (χ2v) is 16.4. The molecule has 0 aromatic heterocycles. The lowest BCUT2D eigenvalue weighted by atomic mass is 9.45. The largest absolute Gasteiger partial charge is 0.396 e. The molecule has 0 aliphatic heterocycles. The van der Waals surface area contributed by atoms with Crippen LogP contribution in [0.4, 0.5) is 0 Å². The van der Waals surface area contributed by atoms with E-state index in [9.17, 15) is 0 Å². The summed E-state index contributed by atoms with van der Waals surface area (Å²) in [5.74, 6) is 0.757. The molecule has 0 aliphatic carbocycles. The van der Waals surface area contributed by atoms with E-state index in [1.54, 1.807) is 0 Å². The molecule has 0 aromatic carbocycles. The molecule has 0 bridgehead atoms. The molecule has 40 heavy (non-hydrogen) atoms. The van der Waals surface area contributed by atoms with Crippen molar-refractivity contribution in [3.05, 3.63) is 0 Å². The summed E-state index contributed by atoms with van der Waals surface area (Å²) in [4.78, 5) is 0. The molecule has 1 heteroatoms. The van der Waals surface area contributed by atoms with Gasteiger partial charge in [0.2, 0.25) is 0 Å². The average Bonchev–Trinajstić information content (AvgIpc) is 2.88. The van der Waals surface area contributed by atoms with Crippen LogP contribution in [0.2, 0.25) is 0 Å². The topological polar surface area (TPSA) is 20.2 Å². The van der Waals surface area contributed by atoms with Crippen LogP contribution in [0.5, 0.6) is 0 Å². The number of unbranched alkanes of at least 4 members (excludes halogenated alkanes) is 21. The van der Waals surface area contributed by atoms with Crippen LogP contribution >= 0.6 is 0 Å². The van der Waals surface area contributed by atoms with Crippen LogP contribution in [0.3, 0.4) is 0 Å². The first-order valence-corrected chi connectivity index (χ1v) is 18.3. The van der Waals surface area contributed by atoms with Crippen LogP contribution in [-0.4, -0.2) is 11.7 Å². The average molecular weight is 565 g/mol. The van der Waals surface area contributed by atoms with Gasteiger partial charge in [-0.2, -0.15) is 0 Å². The Morgan fingerprint density at radius 2 is 0.625 bits per heavy atom. The van der Waals surface area contributed by atoms with Gasteiger partial charge in [0.25, 0.3) is 0 Å². The number of rotatable bonds is 27. The Morgan fingerprint density at radius 3 is 0.875 bits per heavy atom. The van der Waals surface area contributed by atoms with Gasteiger partial charge in [0.05, 0.1) is 0 Å². The van der Waals surface area contributed by atoms with Crippen molar-refractivity contribution in [2.24, 2.45) is 27.6 Å². The van der Waals surface area contributed by atoms with Crippen LogP contribution in [0.25, 0.3) is 0 Å². The first-order chi connectivity index (χ1) is 18.7. The zero-order valence-electron chi connectivity index (χ0n) is 30.0. The summed E-state index contributed by atoms with van der Waals surface area (Å²) in [5.41, 5.74) is 1.18. The first-order valence-electron chi connectivity index (χ1n) is 18.3. The van der Waals surface area contributed by atoms with Crippen molar-refractivity contribution in [1.29, 1.82) is 0 Å². The third kappa shape index (κ3) is 15.4. The fourth-order valence-corrected chi connectivity index (χ4v) is 6.82. The smallest absolute Gasteiger partial charge is 0.0431 e. The standard InChI is InChI=1S/C39H80O/c1-35(37(5,6)39(9,10)38(7,8)36(2,3)4)33-31-29-27-25-23-21-19-17-15-13-11-12-14-16-18-20-22-24-26-28-30-32-34-40/h35,40H,11-34H2,1-10H3. The number of hydrogen-bond donors (Lipinski definition) is 1. The number of aliphatic hydroxyl groups is 1. The molecule has 1 nitrogen and oxygen atoms in total. The molecule has 0 aromatic rings. The third-order valence-corrected chi connectivity index (χ3v) is 12.3. The summed E-state index contributed by atoms with van der Waals surface area (Å²) < 4.78 is 0. The van der Waals surface area contributed by atoms with Gasteiger partial charge in [-0.25, -0.2) is 0 Å². The lowest BCUT2D eigenvalue weighted by molar-refractivity contribution is -0.110. The van der Waals surface area contributed by atoms with Gasteiger partial charge < -0.3 is 5.11 Å². The van der Waals surface area contributed by atoms with Crippen LogP contribution in [-0.2, 0) is 0 Å². The molecule has 0 radical (unpaired) electrons. The maximum Gasteiger partial charge on any atom is 0.0431 e. The lowest BCUT2D eigenvalue weighted by Gasteiger charge is -2.60. The fraction of sp³-hybridized carbons (Fsp3) is 1.00. The van der Waals surface area contributed by atoms with E-state index >= 15 is 0 Å². The SMILES string of the molecule is CC(CCCCCCCCCCCCCCCCCCCCCCCCO)C(C)(C)C(C)(C)C(C)(C)C(C)(C)C. The van der Waals surface area contributed by atoms with Crippen molar-refractivity contribution in [2.45, 2.75) is 217 Å². The zero-order valence-corrected chi connectivity index (χ0v) is 30.0. The molecule has 0 amide bonds. The maximum absolute atomic E-state index is 8.80. The molecule has 1 N–H and O–H groups in total. The third-order valence-electron chi connectivity index (χ3n) is 12.3. The minimum Gasteiger partial charge on any atom is -0.396 e. The predicted molar refractivity (Wildman–Crippen MR) is 183 cm³/mol. The van der Waals surface area contributed by atoms with E-state index in [2.05, 4.69) is 69.2 Å². The molecule has 1 atom stereocenters. The highest BCUT2D eigenvalue weighted by Crippen LogP contribution is 2.61. The Morgan fingerprint density at radius 1 is 0.375 bits per heavy atom. The van der Waals surface area contributed by atoms with Gasteiger partial charge in [-0.15, -0.1) is 0 Å². The molecule has 0 fully saturated rings. The van der Waals surface area contributed by atoms with E-state index in [0.717, 1.165) is 12.3 Å². The van der Waals surface area contributed by atoms with Crippen molar-refractivity contribution in [3.63, 3.8) is 0 Å². The number of aliphatic hydroxyl groups excluding tert-OH is 1. The van der Waals surface area contributed by atoms with Gasteiger partial charge in [-0.3, -0.25) is 0 Å². The quantitative estimate of drug-likeness (QED) is 0.0983. The van der Waals surface area contributed by atoms with Crippen LogP contribution in [0.1, 0.15) is 217 Å². The monoisotopic (exact) mass is 565 g/mol. The summed E-state index contributed by atoms with van der Waals surface area (Å²) in [7, 11) is 0. The van der Waals surface area contributed by atoms with Crippen molar-refractivity contribution < 1.29 is 5.11 Å². The molecular formula is C39H80O. The van der Waals surface area contributed by atoms with Crippen molar-refractivity contribution in [3.8, 4) is 0 Å². The summed E-state index contributed by atoms with van der Waals surface area (Å²) in [6, 6.07) is 0. The van der Waals surface area contributed by atoms with Crippen LogP contribution < -0.4 is 0 Å². The van der Waals surface area contributed by atoms with Crippen molar-refractivity contribution in [1.82, 2.24) is 0 Å². The summed E-state index contributed by atoms with van der Waals surface area (Å²) in [6.45, 7) is 25.3. The van der Waals surface area contributed by atoms with Gasteiger partial charge in [0, 0.05) is 6.61 Å². The minimum atomic E-state index is 0.277. The molecule has 0 rings (SSSR count). The highest BCUT2D eigenvalue weighted by molar-refractivity contribution is 5.02. The first kappa shape index (κ1) is 40.0. The Bertz CT molecular complexity index is 564. The van der Waals surface area contributed by atoms with Gasteiger partial charge in [0.1, 0.15) is 0 Å². The fourth-order valence-electron chi connectivity index (χ4n) is 6.82. The molecule has 0 spiro atoms. The lowest BCUT2D eigenvalue weighted by Crippen LogP contribution is -2.53. The second kappa shape index (κ2) is 21.6. The van der Waals surface area contributed by atoms with Gasteiger partial charge in [-0.05, 0) is 34.0 Å². The highest BCUT2D eigenvalue weighted by atomic mass is 16.2. The molecule has 0 aliphatic rings. The van der Waals surface area contributed by atoms with Crippen LogP contribution in [0.15, 0.2) is 0 Å². The summed E-state index contributed by atoms with van der Waals surface area (Å²) in [5, 5.41) is 8.80. The Hall–Kier alpha value is -0.0400. The molecule has 1 unspecified atom stereocenters. The minimum absolute atomic E-state index is 0.277. The van der Waals surface area contributed by atoms with E-state index in [0.29, 0.717) is 17.4 Å². The Balaban J connectivity index is 3.62. The molecule has 0 heterocycles. The number of hydrogen-bond acceptors (Lipinski definition) is 1. The van der Waals surface area contributed by atoms with Crippen molar-refractivity contribution >= 4 is 0 Å². The molecule has 0 saturated heterocycles. The van der Waals surface area contributed by atoms with Crippen LogP contribution in [0, 0.1) is 27.6 Å². The van der Waals surface area contributed by atoms with E-state index in [1.807, 2.05) is 0 Å². The van der Waals surface area contributed by atoms with E-state index in [1.165, 1.54) is 141 Å². The van der Waals surface area contributed by atoms with Gasteiger partial charge in [-0.1, -0.05) is 210 Å². The van der Waals surface area contributed by atoms with E-state index in [4.69, 9.17) is 5.11 Å².